The lowest BCUT2D eigenvalue weighted by atomic mass is 10.0. The Morgan fingerprint density at radius 1 is 1.19 bits per heavy atom. The van der Waals surface area contributed by atoms with Gasteiger partial charge in [0.1, 0.15) is 5.82 Å². The van der Waals surface area contributed by atoms with Gasteiger partial charge in [0.05, 0.1) is 12.5 Å². The fraction of sp³-hybridized carbons (Fsp3) is 0.200. The molecule has 3 aromatic rings. The monoisotopic (exact) mass is 350 g/mol. The number of nitrogens with one attached hydrogen (secondary N) is 1. The Bertz CT molecular complexity index is 889. The normalized spacial score (nSPS) is 10.9. The number of furan rings is 1. The van der Waals surface area contributed by atoms with Crippen LogP contribution in [0.5, 0.6) is 0 Å². The number of carbonyl (C=O) groups is 1. The van der Waals surface area contributed by atoms with Crippen LogP contribution in [0.4, 0.5) is 5.82 Å². The lowest BCUT2D eigenvalue weighted by Gasteiger charge is -2.11. The van der Waals surface area contributed by atoms with Crippen LogP contribution in [0, 0.1) is 0 Å². The molecule has 0 aliphatic carbocycles. The first kappa shape index (κ1) is 17.7. The average molecular weight is 350 g/mol. The van der Waals surface area contributed by atoms with E-state index in [9.17, 15) is 4.79 Å². The van der Waals surface area contributed by atoms with Crippen LogP contribution in [0.3, 0.4) is 0 Å². The second kappa shape index (κ2) is 7.84. The maximum Gasteiger partial charge on any atom is 0.251 e. The highest BCUT2D eigenvalue weighted by molar-refractivity contribution is 5.95. The molecule has 6 heteroatoms. The van der Waals surface area contributed by atoms with Gasteiger partial charge in [-0.15, -0.1) is 0 Å². The summed E-state index contributed by atoms with van der Waals surface area (Å²) in [6.07, 6.45) is 4.94. The molecule has 3 N–H and O–H groups in total. The summed E-state index contributed by atoms with van der Waals surface area (Å²) in [4.78, 5) is 18.6. The minimum Gasteiger partial charge on any atom is -0.472 e. The van der Waals surface area contributed by atoms with Gasteiger partial charge in [-0.2, -0.15) is 0 Å². The average Bonchev–Trinajstić information content (AvgIpc) is 3.16. The highest BCUT2D eigenvalue weighted by Gasteiger charge is 2.10. The predicted molar refractivity (Wildman–Crippen MR) is 103 cm³/mol. The Hall–Kier alpha value is -3.12. The molecule has 6 nitrogen and oxygen atoms in total. The molecule has 2 heterocycles. The lowest BCUT2D eigenvalue weighted by molar-refractivity contribution is 0.0951. The van der Waals surface area contributed by atoms with Crippen molar-refractivity contribution in [3.8, 4) is 22.3 Å². The van der Waals surface area contributed by atoms with E-state index in [4.69, 9.17) is 10.2 Å². The van der Waals surface area contributed by atoms with E-state index in [1.807, 2.05) is 49.3 Å². The molecule has 0 atom stereocenters. The van der Waals surface area contributed by atoms with Crippen LogP contribution in [-0.4, -0.2) is 43.0 Å². The minimum absolute atomic E-state index is 0.0906. The largest absolute Gasteiger partial charge is 0.472 e. The van der Waals surface area contributed by atoms with Gasteiger partial charge in [0.2, 0.25) is 0 Å². The number of nitrogens with zero attached hydrogens (tertiary/aromatic N) is 2. The van der Waals surface area contributed by atoms with E-state index in [1.54, 1.807) is 24.8 Å². The van der Waals surface area contributed by atoms with Crippen molar-refractivity contribution in [3.63, 3.8) is 0 Å². The van der Waals surface area contributed by atoms with Crippen LogP contribution in [0.15, 0.2) is 59.5 Å². The maximum absolute atomic E-state index is 12.3. The molecular weight excluding hydrogens is 328 g/mol. The second-order valence-electron chi connectivity index (χ2n) is 6.31. The minimum atomic E-state index is -0.0906. The summed E-state index contributed by atoms with van der Waals surface area (Å²) < 4.78 is 5.13. The number of amides is 1. The molecule has 0 saturated heterocycles. The van der Waals surface area contributed by atoms with Crippen LogP contribution in [0.25, 0.3) is 22.3 Å². The summed E-state index contributed by atoms with van der Waals surface area (Å²) in [5.41, 5.74) is 10.1. The van der Waals surface area contributed by atoms with Crippen molar-refractivity contribution in [3.05, 3.63) is 60.7 Å². The molecular formula is C20H22N4O2. The third-order valence-electron chi connectivity index (χ3n) is 4.05. The summed E-state index contributed by atoms with van der Waals surface area (Å²) in [5, 5.41) is 2.92. The van der Waals surface area contributed by atoms with E-state index >= 15 is 0 Å². The smallest absolute Gasteiger partial charge is 0.251 e. The fourth-order valence-corrected chi connectivity index (χ4v) is 2.62. The number of nitrogen functional groups attached to an aromatic ring is 1. The number of pyridine rings is 1. The molecule has 3 rings (SSSR count). The molecule has 1 amide bonds. The third kappa shape index (κ3) is 4.10. The van der Waals surface area contributed by atoms with Gasteiger partial charge in [0.25, 0.3) is 5.91 Å². The van der Waals surface area contributed by atoms with Gasteiger partial charge in [0.15, 0.2) is 0 Å². The Morgan fingerprint density at radius 3 is 2.77 bits per heavy atom. The summed E-state index contributed by atoms with van der Waals surface area (Å²) in [5.74, 6) is 0.347. The van der Waals surface area contributed by atoms with Crippen molar-refractivity contribution >= 4 is 11.7 Å². The quantitative estimate of drug-likeness (QED) is 0.714. The molecule has 0 unspecified atom stereocenters. The number of anilines is 1. The Morgan fingerprint density at radius 2 is 2.04 bits per heavy atom. The highest BCUT2D eigenvalue weighted by Crippen LogP contribution is 2.30. The number of hydrogen-bond donors (Lipinski definition) is 2. The number of hydrogen-bond acceptors (Lipinski definition) is 5. The van der Waals surface area contributed by atoms with Crippen LogP contribution in [0.1, 0.15) is 10.4 Å². The summed E-state index contributed by atoms with van der Waals surface area (Å²) in [7, 11) is 3.94. The first-order valence-electron chi connectivity index (χ1n) is 8.36. The van der Waals surface area contributed by atoms with Gasteiger partial charge in [0, 0.05) is 41.5 Å². The summed E-state index contributed by atoms with van der Waals surface area (Å²) in [6, 6.07) is 11.3. The number of rotatable bonds is 6. The Balaban J connectivity index is 1.84. The second-order valence-corrected chi connectivity index (χ2v) is 6.31. The van der Waals surface area contributed by atoms with Crippen LogP contribution >= 0.6 is 0 Å². The first-order valence-corrected chi connectivity index (χ1v) is 8.36. The van der Waals surface area contributed by atoms with Crippen molar-refractivity contribution in [2.45, 2.75) is 0 Å². The molecule has 0 spiro atoms. The molecule has 0 saturated carbocycles. The molecule has 0 radical (unpaired) electrons. The molecule has 26 heavy (non-hydrogen) atoms. The first-order chi connectivity index (χ1) is 12.5. The molecule has 0 aliphatic rings. The molecule has 2 aromatic heterocycles. The van der Waals surface area contributed by atoms with E-state index in [2.05, 4.69) is 10.3 Å². The number of likely N-dealkylation sites (N-methyl/N-ethyl adjacent to an activating group) is 1. The van der Waals surface area contributed by atoms with Gasteiger partial charge in [-0.3, -0.25) is 4.79 Å². The van der Waals surface area contributed by atoms with E-state index in [0.29, 0.717) is 17.9 Å². The predicted octanol–water partition coefficient (Wildman–Crippen LogP) is 2.88. The summed E-state index contributed by atoms with van der Waals surface area (Å²) in [6.45, 7) is 1.39. The van der Waals surface area contributed by atoms with Crippen LogP contribution in [0.2, 0.25) is 0 Å². The van der Waals surface area contributed by atoms with Crippen molar-refractivity contribution in [1.82, 2.24) is 15.2 Å². The van der Waals surface area contributed by atoms with Gasteiger partial charge >= 0.3 is 0 Å². The molecule has 0 bridgehead atoms. The molecule has 134 valence electrons. The highest BCUT2D eigenvalue weighted by atomic mass is 16.3. The molecule has 0 aliphatic heterocycles. The Kier molecular flexibility index (Phi) is 5.34. The lowest BCUT2D eigenvalue weighted by Crippen LogP contribution is -2.31. The SMILES string of the molecule is CN(C)CCNC(=O)c1cccc(-c2cnc(N)c(-c3ccoc3)c2)c1. The van der Waals surface area contributed by atoms with Crippen molar-refractivity contribution in [2.75, 3.05) is 32.9 Å². The van der Waals surface area contributed by atoms with Gasteiger partial charge in [-0.1, -0.05) is 12.1 Å². The number of nitrogens with two attached hydrogens (primary N) is 1. The van der Waals surface area contributed by atoms with E-state index in [1.165, 1.54) is 0 Å². The number of benzene rings is 1. The number of aromatic nitrogens is 1. The van der Waals surface area contributed by atoms with Gasteiger partial charge < -0.3 is 20.4 Å². The zero-order chi connectivity index (χ0) is 18.5. The van der Waals surface area contributed by atoms with E-state index in [-0.39, 0.29) is 5.91 Å². The maximum atomic E-state index is 12.3. The van der Waals surface area contributed by atoms with Crippen LogP contribution < -0.4 is 11.1 Å². The standard InChI is InChI=1S/C20H22N4O2/c1-24(2)8-7-22-20(25)15-5-3-4-14(10-15)17-11-18(19(21)23-12-17)16-6-9-26-13-16/h3-6,9-13H,7-8H2,1-2H3,(H2,21,23)(H,22,25). The number of carbonyl (C=O) groups excluding carboxylic acids is 1. The van der Waals surface area contributed by atoms with Gasteiger partial charge in [-0.05, 0) is 43.9 Å². The van der Waals surface area contributed by atoms with Crippen molar-refractivity contribution < 1.29 is 9.21 Å². The van der Waals surface area contributed by atoms with Crippen molar-refractivity contribution in [2.24, 2.45) is 0 Å². The van der Waals surface area contributed by atoms with E-state index < -0.39 is 0 Å². The third-order valence-corrected chi connectivity index (χ3v) is 4.05. The van der Waals surface area contributed by atoms with E-state index in [0.717, 1.165) is 28.8 Å². The topological polar surface area (TPSA) is 84.4 Å². The van der Waals surface area contributed by atoms with Crippen LogP contribution in [-0.2, 0) is 0 Å². The summed E-state index contributed by atoms with van der Waals surface area (Å²) >= 11 is 0. The molecule has 1 aromatic carbocycles. The fourth-order valence-electron chi connectivity index (χ4n) is 2.62. The Labute approximate surface area is 152 Å². The van der Waals surface area contributed by atoms with Crippen molar-refractivity contribution in [1.29, 1.82) is 0 Å². The molecule has 0 fully saturated rings. The zero-order valence-corrected chi connectivity index (χ0v) is 14.9. The van der Waals surface area contributed by atoms with Gasteiger partial charge in [-0.25, -0.2) is 4.98 Å². The zero-order valence-electron chi connectivity index (χ0n) is 14.9.